The molecular formula is C10H16BrNS. The molecule has 1 atom stereocenters. The predicted octanol–water partition coefficient (Wildman–Crippen LogP) is 3.64. The fourth-order valence-corrected chi connectivity index (χ4v) is 2.38. The van der Waals surface area contributed by atoms with Crippen LogP contribution in [0.15, 0.2) is 15.9 Å². The van der Waals surface area contributed by atoms with Crippen molar-refractivity contribution in [3.05, 3.63) is 20.8 Å². The monoisotopic (exact) mass is 261 g/mol. The first kappa shape index (κ1) is 11.2. The molecule has 0 spiro atoms. The van der Waals surface area contributed by atoms with E-state index in [1.807, 2.05) is 0 Å². The van der Waals surface area contributed by atoms with Gasteiger partial charge in [0.25, 0.3) is 0 Å². The molecule has 1 nitrogen and oxygen atoms in total. The Morgan fingerprint density at radius 1 is 1.38 bits per heavy atom. The summed E-state index contributed by atoms with van der Waals surface area (Å²) in [6.45, 7) is 7.69. The Balaban J connectivity index is 2.35. The van der Waals surface area contributed by atoms with Crippen molar-refractivity contribution in [3.63, 3.8) is 0 Å². The summed E-state index contributed by atoms with van der Waals surface area (Å²) in [6, 6.07) is 4.84. The van der Waals surface area contributed by atoms with Gasteiger partial charge in [-0.05, 0) is 40.9 Å². The molecule has 13 heavy (non-hydrogen) atoms. The van der Waals surface area contributed by atoms with Crippen molar-refractivity contribution in [3.8, 4) is 0 Å². The zero-order chi connectivity index (χ0) is 9.84. The molecule has 0 radical (unpaired) electrons. The van der Waals surface area contributed by atoms with Crippen molar-refractivity contribution in [1.29, 1.82) is 0 Å². The summed E-state index contributed by atoms with van der Waals surface area (Å²) in [7, 11) is 0. The quantitative estimate of drug-likeness (QED) is 0.873. The van der Waals surface area contributed by atoms with Gasteiger partial charge in [-0.2, -0.15) is 0 Å². The van der Waals surface area contributed by atoms with Crippen LogP contribution in [0.1, 0.15) is 25.6 Å². The lowest BCUT2D eigenvalue weighted by atomic mass is 10.1. The maximum Gasteiger partial charge on any atom is 0.0701 e. The molecule has 1 N–H and O–H groups in total. The summed E-state index contributed by atoms with van der Waals surface area (Å²) in [6.07, 6.45) is 0. The van der Waals surface area contributed by atoms with E-state index < -0.39 is 0 Å². The Kier molecular flexibility index (Phi) is 4.42. The summed E-state index contributed by atoms with van der Waals surface area (Å²) in [5, 5.41) is 3.50. The number of nitrogens with one attached hydrogen (secondary N) is 1. The van der Waals surface area contributed by atoms with Crippen LogP contribution < -0.4 is 5.32 Å². The molecule has 74 valence electrons. The van der Waals surface area contributed by atoms with Crippen LogP contribution in [0.25, 0.3) is 0 Å². The third-order valence-corrected chi connectivity index (χ3v) is 3.85. The highest BCUT2D eigenvalue weighted by Crippen LogP contribution is 2.21. The predicted molar refractivity (Wildman–Crippen MR) is 63.2 cm³/mol. The van der Waals surface area contributed by atoms with Crippen molar-refractivity contribution >= 4 is 27.3 Å². The van der Waals surface area contributed by atoms with Gasteiger partial charge < -0.3 is 5.32 Å². The lowest BCUT2D eigenvalue weighted by molar-refractivity contribution is 0.428. The van der Waals surface area contributed by atoms with Crippen LogP contribution in [-0.4, -0.2) is 6.04 Å². The number of hydrogen-bond donors (Lipinski definition) is 1. The van der Waals surface area contributed by atoms with Crippen LogP contribution in [0, 0.1) is 5.92 Å². The maximum atomic E-state index is 3.50. The molecule has 0 saturated carbocycles. The molecule has 3 heteroatoms. The highest BCUT2D eigenvalue weighted by atomic mass is 79.9. The molecule has 1 aromatic heterocycles. The topological polar surface area (TPSA) is 12.0 Å². The first-order valence-corrected chi connectivity index (χ1v) is 6.18. The third-order valence-electron chi connectivity index (χ3n) is 2.23. The van der Waals surface area contributed by atoms with Crippen LogP contribution in [0.2, 0.25) is 0 Å². The van der Waals surface area contributed by atoms with E-state index in [-0.39, 0.29) is 0 Å². The summed E-state index contributed by atoms with van der Waals surface area (Å²) >= 11 is 5.25. The highest BCUT2D eigenvalue weighted by molar-refractivity contribution is 9.11. The zero-order valence-electron chi connectivity index (χ0n) is 8.30. The van der Waals surface area contributed by atoms with Crippen LogP contribution in [0.4, 0.5) is 0 Å². The number of halogens is 1. The van der Waals surface area contributed by atoms with E-state index in [2.05, 4.69) is 54.2 Å². The van der Waals surface area contributed by atoms with Crippen LogP contribution in [0.5, 0.6) is 0 Å². The minimum absolute atomic E-state index is 0.584. The summed E-state index contributed by atoms with van der Waals surface area (Å²) < 4.78 is 1.21. The molecule has 1 unspecified atom stereocenters. The van der Waals surface area contributed by atoms with Gasteiger partial charge in [-0.15, -0.1) is 11.3 Å². The lowest BCUT2D eigenvalue weighted by Gasteiger charge is -2.16. The molecule has 0 fully saturated rings. The van der Waals surface area contributed by atoms with Crippen molar-refractivity contribution < 1.29 is 0 Å². The van der Waals surface area contributed by atoms with Crippen molar-refractivity contribution in [2.75, 3.05) is 0 Å². The fraction of sp³-hybridized carbons (Fsp3) is 0.600. The Morgan fingerprint density at radius 3 is 2.54 bits per heavy atom. The molecule has 1 rings (SSSR count). The van der Waals surface area contributed by atoms with Crippen LogP contribution in [-0.2, 0) is 6.54 Å². The fourth-order valence-electron chi connectivity index (χ4n) is 0.944. The summed E-state index contributed by atoms with van der Waals surface area (Å²) in [5.74, 6) is 0.698. The van der Waals surface area contributed by atoms with E-state index in [1.165, 1.54) is 8.66 Å². The zero-order valence-corrected chi connectivity index (χ0v) is 10.7. The van der Waals surface area contributed by atoms with Gasteiger partial charge in [0.2, 0.25) is 0 Å². The van der Waals surface area contributed by atoms with Gasteiger partial charge in [0, 0.05) is 17.5 Å². The third kappa shape index (κ3) is 3.79. The van der Waals surface area contributed by atoms with Gasteiger partial charge in [0.05, 0.1) is 3.79 Å². The van der Waals surface area contributed by atoms with Gasteiger partial charge in [0.1, 0.15) is 0 Å². The second-order valence-corrected chi connectivity index (χ2v) is 6.17. The first-order chi connectivity index (χ1) is 6.09. The molecule has 1 heterocycles. The minimum Gasteiger partial charge on any atom is -0.309 e. The van der Waals surface area contributed by atoms with Crippen molar-refractivity contribution in [2.45, 2.75) is 33.4 Å². The number of hydrogen-bond acceptors (Lipinski definition) is 2. The summed E-state index contributed by atoms with van der Waals surface area (Å²) in [5.41, 5.74) is 0. The number of rotatable bonds is 4. The molecule has 0 aliphatic carbocycles. The Hall–Kier alpha value is 0.140. The molecule has 0 aliphatic rings. The van der Waals surface area contributed by atoms with Gasteiger partial charge in [0.15, 0.2) is 0 Å². The molecule has 0 aromatic carbocycles. The number of thiophene rings is 1. The molecule has 0 saturated heterocycles. The largest absolute Gasteiger partial charge is 0.309 e. The average molecular weight is 262 g/mol. The van der Waals surface area contributed by atoms with E-state index in [0.717, 1.165) is 6.54 Å². The van der Waals surface area contributed by atoms with E-state index in [1.54, 1.807) is 11.3 Å². The van der Waals surface area contributed by atoms with Gasteiger partial charge in [-0.3, -0.25) is 0 Å². The highest BCUT2D eigenvalue weighted by Gasteiger charge is 2.06. The summed E-state index contributed by atoms with van der Waals surface area (Å²) in [4.78, 5) is 1.39. The van der Waals surface area contributed by atoms with E-state index in [9.17, 15) is 0 Å². The van der Waals surface area contributed by atoms with Crippen molar-refractivity contribution in [2.24, 2.45) is 5.92 Å². The Morgan fingerprint density at radius 2 is 2.08 bits per heavy atom. The Bertz CT molecular complexity index is 257. The van der Waals surface area contributed by atoms with Crippen LogP contribution in [0.3, 0.4) is 0 Å². The van der Waals surface area contributed by atoms with E-state index in [0.29, 0.717) is 12.0 Å². The van der Waals surface area contributed by atoms with Crippen molar-refractivity contribution in [1.82, 2.24) is 5.32 Å². The molecule has 1 aromatic rings. The smallest absolute Gasteiger partial charge is 0.0701 e. The lowest BCUT2D eigenvalue weighted by Crippen LogP contribution is -2.29. The Labute approximate surface area is 92.7 Å². The van der Waals surface area contributed by atoms with Gasteiger partial charge >= 0.3 is 0 Å². The van der Waals surface area contributed by atoms with E-state index >= 15 is 0 Å². The van der Waals surface area contributed by atoms with Gasteiger partial charge in [-0.1, -0.05) is 13.8 Å². The molecule has 0 bridgehead atoms. The normalized spacial score (nSPS) is 13.6. The minimum atomic E-state index is 0.584. The van der Waals surface area contributed by atoms with Crippen LogP contribution >= 0.6 is 27.3 Å². The maximum absolute atomic E-state index is 3.50. The first-order valence-electron chi connectivity index (χ1n) is 4.57. The second-order valence-electron chi connectivity index (χ2n) is 3.62. The standard InChI is InChI=1S/C10H16BrNS/c1-7(2)8(3)12-6-9-4-5-10(11)13-9/h4-5,7-8,12H,6H2,1-3H3. The average Bonchev–Trinajstić information content (AvgIpc) is 2.47. The molecular weight excluding hydrogens is 246 g/mol. The SMILES string of the molecule is CC(C)C(C)NCc1ccc(Br)s1. The van der Waals surface area contributed by atoms with E-state index in [4.69, 9.17) is 0 Å². The second kappa shape index (κ2) is 5.13. The molecule has 0 amide bonds. The van der Waals surface area contributed by atoms with Gasteiger partial charge in [-0.25, -0.2) is 0 Å². The molecule has 0 aliphatic heterocycles.